The third-order valence-electron chi connectivity index (χ3n) is 6.30. The lowest BCUT2D eigenvalue weighted by molar-refractivity contribution is -0.117. The number of para-hydroxylation sites is 1. The van der Waals surface area contributed by atoms with Gasteiger partial charge in [0.05, 0.1) is 17.5 Å². The van der Waals surface area contributed by atoms with Crippen molar-refractivity contribution in [2.24, 2.45) is 0 Å². The number of H-pyrrole nitrogens is 1. The minimum absolute atomic E-state index is 0.0849. The van der Waals surface area contributed by atoms with Gasteiger partial charge in [-0.05, 0) is 37.5 Å². The first kappa shape index (κ1) is 24.3. The molecule has 3 aromatic rings. The van der Waals surface area contributed by atoms with Gasteiger partial charge in [0.15, 0.2) is 0 Å². The number of anilines is 1. The number of hydrogen-bond donors (Lipinski definition) is 2. The van der Waals surface area contributed by atoms with Crippen LogP contribution in [0.3, 0.4) is 0 Å². The van der Waals surface area contributed by atoms with Crippen molar-refractivity contribution in [3.63, 3.8) is 0 Å². The van der Waals surface area contributed by atoms with E-state index in [0.29, 0.717) is 44.7 Å². The van der Waals surface area contributed by atoms with Gasteiger partial charge in [-0.2, -0.15) is 0 Å². The number of aryl methyl sites for hydroxylation is 3. The molecule has 0 atom stereocenters. The smallest absolute Gasteiger partial charge is 0.329 e. The van der Waals surface area contributed by atoms with Crippen LogP contribution in [0.1, 0.15) is 34.8 Å². The van der Waals surface area contributed by atoms with Crippen molar-refractivity contribution in [2.45, 2.75) is 33.7 Å². The number of aromatic nitrogens is 3. The van der Waals surface area contributed by atoms with Gasteiger partial charge in [0.1, 0.15) is 5.65 Å². The average Bonchev–Trinajstić information content (AvgIpc) is 2.84. The second kappa shape index (κ2) is 10.2. The molecule has 0 aliphatic carbocycles. The molecular weight excluding hydrogens is 448 g/mol. The molecule has 1 aromatic carbocycles. The van der Waals surface area contributed by atoms with Crippen molar-refractivity contribution in [2.75, 3.05) is 38.0 Å². The van der Waals surface area contributed by atoms with Crippen LogP contribution >= 0.6 is 0 Å². The zero-order valence-corrected chi connectivity index (χ0v) is 20.3. The summed E-state index contributed by atoms with van der Waals surface area (Å²) in [4.78, 5) is 60.4. The number of benzene rings is 1. The molecule has 1 saturated heterocycles. The number of carbonyl (C=O) groups excluding carboxylic acids is 2. The van der Waals surface area contributed by atoms with Crippen molar-refractivity contribution in [3.05, 3.63) is 68.0 Å². The standard InChI is InChI=1S/C25H30N6O4/c1-4-8-31-22-19(23(33)28-25(31)35)13-18(14-26-22)24(34)30-11-9-29(10-12-30)15-20(32)27-21-16(2)6-5-7-17(21)3/h5-7,13-14H,4,8-12,15H2,1-3H3,(H,27,32)(H,28,33,35). The summed E-state index contributed by atoms with van der Waals surface area (Å²) in [6.07, 6.45) is 2.12. The molecular formula is C25H30N6O4. The number of rotatable bonds is 6. The van der Waals surface area contributed by atoms with Crippen molar-refractivity contribution in [1.29, 1.82) is 0 Å². The molecule has 1 aliphatic rings. The summed E-state index contributed by atoms with van der Waals surface area (Å²) in [7, 11) is 0. The second-order valence-corrected chi connectivity index (χ2v) is 8.89. The average molecular weight is 479 g/mol. The van der Waals surface area contributed by atoms with Crippen LogP contribution in [0.25, 0.3) is 11.0 Å². The molecule has 10 heteroatoms. The molecule has 0 saturated carbocycles. The van der Waals surface area contributed by atoms with Crippen LogP contribution in [0.15, 0.2) is 40.1 Å². The highest BCUT2D eigenvalue weighted by atomic mass is 16.2. The van der Waals surface area contributed by atoms with Gasteiger partial charge in [-0.25, -0.2) is 9.78 Å². The van der Waals surface area contributed by atoms with E-state index >= 15 is 0 Å². The Kier molecular flexibility index (Phi) is 7.11. The number of nitrogens with zero attached hydrogens (tertiary/aromatic N) is 4. The highest BCUT2D eigenvalue weighted by molar-refractivity contribution is 5.97. The quantitative estimate of drug-likeness (QED) is 0.554. The molecule has 0 bridgehead atoms. The number of aromatic amines is 1. The monoisotopic (exact) mass is 478 g/mol. The summed E-state index contributed by atoms with van der Waals surface area (Å²) in [5.74, 6) is -0.315. The summed E-state index contributed by atoms with van der Waals surface area (Å²) in [5.41, 5.74) is 2.39. The summed E-state index contributed by atoms with van der Waals surface area (Å²) in [5, 5.41) is 3.21. The SMILES string of the molecule is CCCn1c(=O)[nH]c(=O)c2cc(C(=O)N3CCN(CC(=O)Nc4c(C)cccc4C)CC3)cnc21. The molecule has 2 amide bonds. The fraction of sp³-hybridized carbons (Fsp3) is 0.400. The fourth-order valence-electron chi connectivity index (χ4n) is 4.40. The summed E-state index contributed by atoms with van der Waals surface area (Å²) in [6.45, 7) is 8.56. The van der Waals surface area contributed by atoms with E-state index in [4.69, 9.17) is 0 Å². The Balaban J connectivity index is 1.40. The van der Waals surface area contributed by atoms with Crippen LogP contribution in [-0.4, -0.2) is 68.9 Å². The lowest BCUT2D eigenvalue weighted by atomic mass is 10.1. The molecule has 35 heavy (non-hydrogen) atoms. The third kappa shape index (κ3) is 5.17. The first-order chi connectivity index (χ1) is 16.8. The van der Waals surface area contributed by atoms with Crippen molar-refractivity contribution in [3.8, 4) is 0 Å². The van der Waals surface area contributed by atoms with E-state index in [0.717, 1.165) is 16.8 Å². The topological polar surface area (TPSA) is 120 Å². The van der Waals surface area contributed by atoms with E-state index < -0.39 is 11.2 Å². The predicted octanol–water partition coefficient (Wildman–Crippen LogP) is 1.51. The van der Waals surface area contributed by atoms with Gasteiger partial charge in [0.2, 0.25) is 5.91 Å². The minimum Gasteiger partial charge on any atom is -0.336 e. The number of nitrogens with one attached hydrogen (secondary N) is 2. The maximum atomic E-state index is 13.1. The Hall–Kier alpha value is -3.79. The van der Waals surface area contributed by atoms with Gasteiger partial charge in [-0.15, -0.1) is 0 Å². The van der Waals surface area contributed by atoms with Gasteiger partial charge in [-0.3, -0.25) is 28.8 Å². The Morgan fingerprint density at radius 2 is 1.77 bits per heavy atom. The third-order valence-corrected chi connectivity index (χ3v) is 6.30. The fourth-order valence-corrected chi connectivity index (χ4v) is 4.40. The van der Waals surface area contributed by atoms with Crippen LogP contribution in [0.5, 0.6) is 0 Å². The van der Waals surface area contributed by atoms with Crippen LogP contribution in [0, 0.1) is 13.8 Å². The van der Waals surface area contributed by atoms with Gasteiger partial charge in [0, 0.05) is 44.6 Å². The Labute approximate surface area is 202 Å². The molecule has 2 aromatic heterocycles. The van der Waals surface area contributed by atoms with Gasteiger partial charge in [0.25, 0.3) is 11.5 Å². The number of fused-ring (bicyclic) bond motifs is 1. The van der Waals surface area contributed by atoms with E-state index in [1.54, 1.807) is 4.90 Å². The summed E-state index contributed by atoms with van der Waals surface area (Å²) < 4.78 is 1.41. The first-order valence-electron chi connectivity index (χ1n) is 11.8. The normalized spacial score (nSPS) is 14.3. The molecule has 1 aliphatic heterocycles. The molecule has 0 unspecified atom stereocenters. The Morgan fingerprint density at radius 3 is 2.43 bits per heavy atom. The molecule has 184 valence electrons. The van der Waals surface area contributed by atoms with Crippen LogP contribution in [0.4, 0.5) is 5.69 Å². The maximum absolute atomic E-state index is 13.1. The van der Waals surface area contributed by atoms with E-state index in [9.17, 15) is 19.2 Å². The van der Waals surface area contributed by atoms with E-state index in [1.165, 1.54) is 16.8 Å². The zero-order chi connectivity index (χ0) is 25.1. The van der Waals surface area contributed by atoms with Crippen LogP contribution < -0.4 is 16.6 Å². The molecule has 4 rings (SSSR count). The van der Waals surface area contributed by atoms with Gasteiger partial charge in [-0.1, -0.05) is 25.1 Å². The van der Waals surface area contributed by atoms with E-state index in [-0.39, 0.29) is 29.4 Å². The van der Waals surface area contributed by atoms with Crippen LogP contribution in [-0.2, 0) is 11.3 Å². The maximum Gasteiger partial charge on any atom is 0.329 e. The van der Waals surface area contributed by atoms with E-state index in [1.807, 2.05) is 43.9 Å². The number of amides is 2. The number of hydrogen-bond acceptors (Lipinski definition) is 6. The van der Waals surface area contributed by atoms with Crippen molar-refractivity contribution < 1.29 is 9.59 Å². The second-order valence-electron chi connectivity index (χ2n) is 8.89. The molecule has 0 spiro atoms. The van der Waals surface area contributed by atoms with Crippen molar-refractivity contribution >= 4 is 28.5 Å². The highest BCUT2D eigenvalue weighted by Gasteiger charge is 2.24. The Morgan fingerprint density at radius 1 is 1.09 bits per heavy atom. The first-order valence-corrected chi connectivity index (χ1v) is 11.8. The van der Waals surface area contributed by atoms with Gasteiger partial charge >= 0.3 is 5.69 Å². The van der Waals surface area contributed by atoms with Crippen molar-refractivity contribution in [1.82, 2.24) is 24.3 Å². The largest absolute Gasteiger partial charge is 0.336 e. The Bertz CT molecular complexity index is 1360. The predicted molar refractivity (Wildman–Crippen MR) is 134 cm³/mol. The zero-order valence-electron chi connectivity index (χ0n) is 20.3. The minimum atomic E-state index is -0.556. The number of carbonyl (C=O) groups is 2. The molecule has 10 nitrogen and oxygen atoms in total. The molecule has 3 heterocycles. The molecule has 1 fully saturated rings. The number of piperazine rings is 1. The summed E-state index contributed by atoms with van der Waals surface area (Å²) in [6, 6.07) is 7.39. The highest BCUT2D eigenvalue weighted by Crippen LogP contribution is 2.19. The van der Waals surface area contributed by atoms with E-state index in [2.05, 4.69) is 15.3 Å². The van der Waals surface area contributed by atoms with Gasteiger partial charge < -0.3 is 10.2 Å². The summed E-state index contributed by atoms with van der Waals surface area (Å²) >= 11 is 0. The van der Waals surface area contributed by atoms with Crippen LogP contribution in [0.2, 0.25) is 0 Å². The number of pyridine rings is 1. The molecule has 0 radical (unpaired) electrons. The lowest BCUT2D eigenvalue weighted by Crippen LogP contribution is -2.50. The molecule has 2 N–H and O–H groups in total. The lowest BCUT2D eigenvalue weighted by Gasteiger charge is -2.34.